The lowest BCUT2D eigenvalue weighted by Crippen LogP contribution is -2.40. The first-order chi connectivity index (χ1) is 12.3. The number of hydrogen-bond donors (Lipinski definition) is 0. The van der Waals surface area contributed by atoms with E-state index in [1.54, 1.807) is 0 Å². The highest BCUT2D eigenvalue weighted by Crippen LogP contribution is 2.34. The predicted octanol–water partition coefficient (Wildman–Crippen LogP) is 3.95. The molecule has 4 rings (SSSR count). The largest absolute Gasteiger partial charge is 0.378 e. The minimum atomic E-state index is 0.0434. The lowest BCUT2D eigenvalue weighted by atomic mass is 10.1. The van der Waals surface area contributed by atoms with Crippen LogP contribution in [0.25, 0.3) is 21.8 Å². The fraction of sp³-hybridized carbons (Fsp3) is 0.200. The maximum atomic E-state index is 13.1. The fourth-order valence-electron chi connectivity index (χ4n) is 2.87. The van der Waals surface area contributed by atoms with E-state index >= 15 is 0 Å². The quantitative estimate of drug-likeness (QED) is 0.718. The lowest BCUT2D eigenvalue weighted by Gasteiger charge is -2.26. The van der Waals surface area contributed by atoms with Crippen molar-refractivity contribution in [1.82, 2.24) is 9.88 Å². The number of benzene rings is 2. The summed E-state index contributed by atoms with van der Waals surface area (Å²) < 4.78 is 5.37. The molecule has 1 amide bonds. The average molecular weight is 350 g/mol. The van der Waals surface area contributed by atoms with E-state index in [0.29, 0.717) is 31.2 Å². The number of rotatable bonds is 3. The monoisotopic (exact) mass is 350 g/mol. The third-order valence-corrected chi connectivity index (χ3v) is 5.28. The molecule has 1 aromatic heterocycles. The van der Waals surface area contributed by atoms with Gasteiger partial charge in [-0.15, -0.1) is 11.3 Å². The molecule has 1 fully saturated rings. The normalized spacial score (nSPS) is 14.5. The van der Waals surface area contributed by atoms with E-state index in [1.807, 2.05) is 65.6 Å². The van der Waals surface area contributed by atoms with Crippen molar-refractivity contribution in [3.63, 3.8) is 0 Å². The minimum Gasteiger partial charge on any atom is -0.378 e. The van der Waals surface area contributed by atoms with Gasteiger partial charge in [-0.05, 0) is 0 Å². The highest BCUT2D eigenvalue weighted by Gasteiger charge is 2.25. The summed E-state index contributed by atoms with van der Waals surface area (Å²) in [6.45, 7) is 2.45. The summed E-state index contributed by atoms with van der Waals surface area (Å²) >= 11 is 1.47. The molecule has 0 saturated carbocycles. The van der Waals surface area contributed by atoms with Crippen molar-refractivity contribution in [2.75, 3.05) is 26.3 Å². The molecule has 0 spiro atoms. The number of hydrogen-bond acceptors (Lipinski definition) is 4. The molecule has 1 aliphatic rings. The topological polar surface area (TPSA) is 42.4 Å². The molecule has 126 valence electrons. The van der Waals surface area contributed by atoms with Crippen LogP contribution >= 0.6 is 11.3 Å². The van der Waals surface area contributed by atoms with Crippen LogP contribution in [0.5, 0.6) is 0 Å². The van der Waals surface area contributed by atoms with Gasteiger partial charge < -0.3 is 9.64 Å². The molecule has 2 aromatic carbocycles. The second kappa shape index (κ2) is 7.17. The maximum absolute atomic E-state index is 13.1. The van der Waals surface area contributed by atoms with Crippen molar-refractivity contribution in [3.05, 3.63) is 65.5 Å². The van der Waals surface area contributed by atoms with Crippen molar-refractivity contribution in [2.45, 2.75) is 0 Å². The molecule has 1 aliphatic heterocycles. The maximum Gasteiger partial charge on any atom is 0.266 e. The molecule has 0 atom stereocenters. The van der Waals surface area contributed by atoms with Crippen LogP contribution in [0.3, 0.4) is 0 Å². The average Bonchev–Trinajstić information content (AvgIpc) is 3.15. The van der Waals surface area contributed by atoms with E-state index in [9.17, 15) is 4.79 Å². The smallest absolute Gasteiger partial charge is 0.266 e. The van der Waals surface area contributed by atoms with E-state index in [4.69, 9.17) is 9.72 Å². The van der Waals surface area contributed by atoms with Gasteiger partial charge in [0, 0.05) is 24.2 Å². The minimum absolute atomic E-state index is 0.0434. The van der Waals surface area contributed by atoms with Gasteiger partial charge in [-0.3, -0.25) is 4.79 Å². The van der Waals surface area contributed by atoms with Crippen LogP contribution in [0.1, 0.15) is 9.67 Å². The number of ether oxygens (including phenoxy) is 1. The van der Waals surface area contributed by atoms with Crippen molar-refractivity contribution in [2.24, 2.45) is 0 Å². The van der Waals surface area contributed by atoms with Crippen LogP contribution in [0, 0.1) is 0 Å². The van der Waals surface area contributed by atoms with E-state index in [2.05, 4.69) is 0 Å². The highest BCUT2D eigenvalue weighted by atomic mass is 32.1. The van der Waals surface area contributed by atoms with Crippen LogP contribution in [-0.2, 0) is 4.74 Å². The first-order valence-electron chi connectivity index (χ1n) is 8.31. The Morgan fingerprint density at radius 3 is 2.16 bits per heavy atom. The van der Waals surface area contributed by atoms with Crippen LogP contribution in [0.15, 0.2) is 60.7 Å². The van der Waals surface area contributed by atoms with Gasteiger partial charge in [-0.1, -0.05) is 60.7 Å². The molecule has 0 aliphatic carbocycles. The van der Waals surface area contributed by atoms with Crippen molar-refractivity contribution < 1.29 is 9.53 Å². The summed E-state index contributed by atoms with van der Waals surface area (Å²) in [5, 5.41) is 0.871. The van der Waals surface area contributed by atoms with Crippen LogP contribution < -0.4 is 0 Å². The second-order valence-corrected chi connectivity index (χ2v) is 6.83. The zero-order valence-electron chi connectivity index (χ0n) is 13.7. The molecular weight excluding hydrogens is 332 g/mol. The Morgan fingerprint density at radius 1 is 0.920 bits per heavy atom. The summed E-state index contributed by atoms with van der Waals surface area (Å²) in [5.74, 6) is 0.0434. The Morgan fingerprint density at radius 2 is 1.52 bits per heavy atom. The fourth-order valence-corrected chi connectivity index (χ4v) is 3.93. The standard InChI is InChI=1S/C20H18N2O2S/c23-20(22-11-13-24-14-12-22)18-17(15-7-3-1-4-8-15)21-19(25-18)16-9-5-2-6-10-16/h1-10H,11-14H2. The third-order valence-electron chi connectivity index (χ3n) is 4.19. The Labute approximate surface area is 150 Å². The number of aromatic nitrogens is 1. The molecule has 2 heterocycles. The molecule has 0 radical (unpaired) electrons. The second-order valence-electron chi connectivity index (χ2n) is 5.83. The van der Waals surface area contributed by atoms with Gasteiger partial charge in [-0.25, -0.2) is 4.98 Å². The lowest BCUT2D eigenvalue weighted by molar-refractivity contribution is 0.0306. The highest BCUT2D eigenvalue weighted by molar-refractivity contribution is 7.17. The number of nitrogens with zero attached hydrogens (tertiary/aromatic N) is 2. The number of morpholine rings is 1. The Balaban J connectivity index is 1.78. The Bertz CT molecular complexity index is 856. The predicted molar refractivity (Wildman–Crippen MR) is 99.7 cm³/mol. The summed E-state index contributed by atoms with van der Waals surface area (Å²) in [6.07, 6.45) is 0. The summed E-state index contributed by atoms with van der Waals surface area (Å²) in [7, 11) is 0. The zero-order valence-corrected chi connectivity index (χ0v) is 14.5. The van der Waals surface area contributed by atoms with Crippen LogP contribution in [-0.4, -0.2) is 42.1 Å². The number of carbonyl (C=O) groups excluding carboxylic acids is 1. The molecule has 1 saturated heterocycles. The Kier molecular flexibility index (Phi) is 4.59. The van der Waals surface area contributed by atoms with Gasteiger partial charge in [0.15, 0.2) is 0 Å². The number of carbonyl (C=O) groups is 1. The molecule has 0 bridgehead atoms. The van der Waals surface area contributed by atoms with E-state index in [-0.39, 0.29) is 5.91 Å². The van der Waals surface area contributed by atoms with Crippen LogP contribution in [0.2, 0.25) is 0 Å². The molecule has 4 nitrogen and oxygen atoms in total. The van der Waals surface area contributed by atoms with E-state index < -0.39 is 0 Å². The van der Waals surface area contributed by atoms with Gasteiger partial charge in [0.2, 0.25) is 0 Å². The van der Waals surface area contributed by atoms with Gasteiger partial charge in [0.25, 0.3) is 5.91 Å². The first-order valence-corrected chi connectivity index (χ1v) is 9.13. The number of amides is 1. The Hall–Kier alpha value is -2.50. The van der Waals surface area contributed by atoms with Crippen molar-refractivity contribution >= 4 is 17.2 Å². The molecule has 0 unspecified atom stereocenters. The van der Waals surface area contributed by atoms with Gasteiger partial charge in [0.1, 0.15) is 9.88 Å². The van der Waals surface area contributed by atoms with Crippen molar-refractivity contribution in [1.29, 1.82) is 0 Å². The van der Waals surface area contributed by atoms with Gasteiger partial charge >= 0.3 is 0 Å². The zero-order chi connectivity index (χ0) is 17.1. The molecular formula is C20H18N2O2S. The summed E-state index contributed by atoms with van der Waals surface area (Å²) in [5.41, 5.74) is 2.77. The van der Waals surface area contributed by atoms with Gasteiger partial charge in [0.05, 0.1) is 18.9 Å². The summed E-state index contributed by atoms with van der Waals surface area (Å²) in [4.78, 5) is 20.4. The molecule has 5 heteroatoms. The van der Waals surface area contributed by atoms with Gasteiger partial charge in [-0.2, -0.15) is 0 Å². The molecule has 25 heavy (non-hydrogen) atoms. The van der Waals surface area contributed by atoms with E-state index in [1.165, 1.54) is 11.3 Å². The molecule has 0 N–H and O–H groups in total. The van der Waals surface area contributed by atoms with Crippen molar-refractivity contribution in [3.8, 4) is 21.8 Å². The van der Waals surface area contributed by atoms with Crippen LogP contribution in [0.4, 0.5) is 0 Å². The SMILES string of the molecule is O=C(c1sc(-c2ccccc2)nc1-c1ccccc1)N1CCOCC1. The third kappa shape index (κ3) is 3.34. The summed E-state index contributed by atoms with van der Waals surface area (Å²) in [6, 6.07) is 19.9. The molecule has 3 aromatic rings. The van der Waals surface area contributed by atoms with E-state index in [0.717, 1.165) is 21.8 Å². The number of thiazole rings is 1. The first kappa shape index (κ1) is 16.0.